The maximum atomic E-state index is 12.4. The Kier molecular flexibility index (Phi) is 6.88. The van der Waals surface area contributed by atoms with Crippen LogP contribution in [0.1, 0.15) is 43.5 Å². The molecule has 0 radical (unpaired) electrons. The first-order valence-corrected chi connectivity index (χ1v) is 12.1. The van der Waals surface area contributed by atoms with Crippen molar-refractivity contribution in [2.45, 2.75) is 39.2 Å². The molecule has 3 aromatic rings. The zero-order chi connectivity index (χ0) is 25.2. The number of benzene rings is 2. The van der Waals surface area contributed by atoms with Gasteiger partial charge >= 0.3 is 12.1 Å². The number of anilines is 1. The third-order valence-electron chi connectivity index (χ3n) is 5.86. The van der Waals surface area contributed by atoms with Gasteiger partial charge in [-0.2, -0.15) is 0 Å². The molecule has 1 heterocycles. The Labute approximate surface area is 207 Å². The van der Waals surface area contributed by atoms with Crippen LogP contribution < -0.4 is 10.6 Å². The third kappa shape index (κ3) is 5.51. The minimum atomic E-state index is -1.10. The van der Waals surface area contributed by atoms with Crippen molar-refractivity contribution in [1.29, 1.82) is 0 Å². The summed E-state index contributed by atoms with van der Waals surface area (Å²) in [6.45, 7) is 5.41. The number of fused-ring (bicyclic) bond motifs is 3. The van der Waals surface area contributed by atoms with Crippen LogP contribution in [0.5, 0.6) is 0 Å². The number of aromatic nitrogens is 1. The summed E-state index contributed by atoms with van der Waals surface area (Å²) in [4.78, 5) is 40.5. The first-order valence-electron chi connectivity index (χ1n) is 11.2. The van der Waals surface area contributed by atoms with Gasteiger partial charge in [0.25, 0.3) is 0 Å². The minimum absolute atomic E-state index is 0.0475. The van der Waals surface area contributed by atoms with Crippen LogP contribution in [0.25, 0.3) is 11.1 Å². The number of carboxylic acid groups (broad SMARTS) is 1. The molecule has 1 aliphatic rings. The molecule has 0 bridgehead atoms. The van der Waals surface area contributed by atoms with Crippen LogP contribution in [0.3, 0.4) is 0 Å². The van der Waals surface area contributed by atoms with Gasteiger partial charge in [0.15, 0.2) is 5.13 Å². The van der Waals surface area contributed by atoms with Gasteiger partial charge in [0.2, 0.25) is 5.91 Å². The van der Waals surface area contributed by atoms with Crippen LogP contribution in [0, 0.1) is 5.41 Å². The number of rotatable bonds is 7. The molecule has 3 N–H and O–H groups in total. The van der Waals surface area contributed by atoms with Gasteiger partial charge in [-0.1, -0.05) is 69.3 Å². The van der Waals surface area contributed by atoms with Crippen LogP contribution in [-0.2, 0) is 20.7 Å². The van der Waals surface area contributed by atoms with Crippen LogP contribution in [-0.4, -0.2) is 40.7 Å². The van der Waals surface area contributed by atoms with E-state index >= 15 is 0 Å². The standard InChI is InChI=1S/C26H27N3O5S/c1-26(2,3)22(23(31)32)28-21(30)12-15-14-35-24(27-15)29-25(33)34-13-20-18-10-6-4-8-16(18)17-9-5-7-11-19(17)20/h4-11,14,20,22H,12-13H2,1-3H3,(H,28,30)(H,31,32)(H,27,29,33)/t22-/m0/s1. The summed E-state index contributed by atoms with van der Waals surface area (Å²) < 4.78 is 5.52. The van der Waals surface area contributed by atoms with Gasteiger partial charge in [-0.05, 0) is 27.7 Å². The average Bonchev–Trinajstić information content (AvgIpc) is 3.37. The predicted molar refractivity (Wildman–Crippen MR) is 134 cm³/mol. The number of aliphatic carboxylic acids is 1. The van der Waals surface area contributed by atoms with Gasteiger partial charge in [-0.3, -0.25) is 10.1 Å². The number of thiazole rings is 1. The Balaban J connectivity index is 1.33. The van der Waals surface area contributed by atoms with E-state index in [1.165, 1.54) is 11.3 Å². The van der Waals surface area contributed by atoms with E-state index < -0.39 is 29.4 Å². The molecule has 8 nitrogen and oxygen atoms in total. The molecule has 4 rings (SSSR count). The van der Waals surface area contributed by atoms with Crippen LogP contribution in [0.4, 0.5) is 9.93 Å². The molecular weight excluding hydrogens is 466 g/mol. The Morgan fingerprint density at radius 2 is 1.66 bits per heavy atom. The summed E-state index contributed by atoms with van der Waals surface area (Å²) in [5, 5.41) is 16.5. The first kappa shape index (κ1) is 24.4. The molecule has 1 aliphatic carbocycles. The molecule has 0 saturated carbocycles. The largest absolute Gasteiger partial charge is 0.480 e. The Morgan fingerprint density at radius 1 is 1.06 bits per heavy atom. The van der Waals surface area contributed by atoms with Crippen molar-refractivity contribution in [3.63, 3.8) is 0 Å². The number of nitrogens with one attached hydrogen (secondary N) is 2. The fourth-order valence-electron chi connectivity index (χ4n) is 4.19. The lowest BCUT2D eigenvalue weighted by Crippen LogP contribution is -2.49. The Hall–Kier alpha value is -3.72. The summed E-state index contributed by atoms with van der Waals surface area (Å²) in [5.74, 6) is -1.60. The van der Waals surface area contributed by atoms with E-state index in [4.69, 9.17) is 4.74 Å². The topological polar surface area (TPSA) is 118 Å². The number of carbonyl (C=O) groups is 3. The van der Waals surface area contributed by atoms with E-state index in [-0.39, 0.29) is 18.9 Å². The highest BCUT2D eigenvalue weighted by Gasteiger charge is 2.33. The van der Waals surface area contributed by atoms with Crippen molar-refractivity contribution in [3.8, 4) is 11.1 Å². The molecule has 0 saturated heterocycles. The molecule has 0 fully saturated rings. The van der Waals surface area contributed by atoms with Gasteiger partial charge < -0.3 is 15.2 Å². The summed E-state index contributed by atoms with van der Waals surface area (Å²) in [7, 11) is 0. The van der Waals surface area contributed by atoms with Crippen molar-refractivity contribution >= 4 is 34.4 Å². The fraction of sp³-hybridized carbons (Fsp3) is 0.308. The van der Waals surface area contributed by atoms with Crippen molar-refractivity contribution in [2.24, 2.45) is 5.41 Å². The highest BCUT2D eigenvalue weighted by Crippen LogP contribution is 2.44. The third-order valence-corrected chi connectivity index (χ3v) is 6.67. The highest BCUT2D eigenvalue weighted by atomic mass is 32.1. The number of ether oxygens (including phenoxy) is 1. The molecule has 1 atom stereocenters. The van der Waals surface area contributed by atoms with Crippen molar-refractivity contribution < 1.29 is 24.2 Å². The van der Waals surface area contributed by atoms with Gasteiger partial charge in [0.1, 0.15) is 12.6 Å². The second kappa shape index (κ2) is 9.87. The van der Waals surface area contributed by atoms with E-state index in [9.17, 15) is 19.5 Å². The molecule has 9 heteroatoms. The second-order valence-electron chi connectivity index (χ2n) is 9.48. The van der Waals surface area contributed by atoms with Gasteiger partial charge in [0.05, 0.1) is 12.1 Å². The molecule has 0 spiro atoms. The van der Waals surface area contributed by atoms with Gasteiger partial charge in [-0.15, -0.1) is 11.3 Å². The Morgan fingerprint density at radius 3 is 2.23 bits per heavy atom. The lowest BCUT2D eigenvalue weighted by Gasteiger charge is -2.27. The van der Waals surface area contributed by atoms with Crippen molar-refractivity contribution in [3.05, 3.63) is 70.7 Å². The zero-order valence-corrected chi connectivity index (χ0v) is 20.5. The number of nitrogens with zero attached hydrogens (tertiary/aromatic N) is 1. The van der Waals surface area contributed by atoms with Crippen molar-refractivity contribution in [2.75, 3.05) is 11.9 Å². The molecule has 0 unspecified atom stereocenters. The predicted octanol–water partition coefficient (Wildman–Crippen LogP) is 4.66. The SMILES string of the molecule is CC(C)(C)[C@@H](NC(=O)Cc1csc(NC(=O)OCC2c3ccccc3-c3ccccc32)n1)C(=O)O. The number of amides is 2. The lowest BCUT2D eigenvalue weighted by molar-refractivity contribution is -0.144. The van der Waals surface area contributed by atoms with Crippen molar-refractivity contribution in [1.82, 2.24) is 10.3 Å². The molecule has 35 heavy (non-hydrogen) atoms. The number of carboxylic acids is 1. The normalized spacial score (nSPS) is 13.5. The van der Waals surface area contributed by atoms with E-state index in [0.717, 1.165) is 22.3 Å². The molecule has 2 aromatic carbocycles. The minimum Gasteiger partial charge on any atom is -0.480 e. The van der Waals surface area contributed by atoms with Crippen LogP contribution in [0.2, 0.25) is 0 Å². The molecule has 2 amide bonds. The quantitative estimate of drug-likeness (QED) is 0.441. The van der Waals surface area contributed by atoms with E-state index in [1.54, 1.807) is 26.2 Å². The summed E-state index contributed by atoms with van der Waals surface area (Å²) in [5.41, 5.74) is 4.34. The Bertz CT molecular complexity index is 1220. The fourth-order valence-corrected chi connectivity index (χ4v) is 4.89. The molecular formula is C26H27N3O5S. The molecule has 182 valence electrons. The molecule has 1 aromatic heterocycles. The summed E-state index contributed by atoms with van der Waals surface area (Å²) >= 11 is 1.17. The number of carbonyl (C=O) groups excluding carboxylic acids is 2. The first-order chi connectivity index (χ1) is 16.6. The van der Waals surface area contributed by atoms with E-state index in [2.05, 4.69) is 27.8 Å². The van der Waals surface area contributed by atoms with Gasteiger partial charge in [-0.25, -0.2) is 14.6 Å². The number of hydrogen-bond donors (Lipinski definition) is 3. The maximum Gasteiger partial charge on any atom is 0.413 e. The smallest absolute Gasteiger partial charge is 0.413 e. The van der Waals surface area contributed by atoms with Crippen LogP contribution in [0.15, 0.2) is 53.9 Å². The van der Waals surface area contributed by atoms with E-state index in [1.807, 2.05) is 36.4 Å². The van der Waals surface area contributed by atoms with Gasteiger partial charge in [0, 0.05) is 11.3 Å². The zero-order valence-electron chi connectivity index (χ0n) is 19.7. The van der Waals surface area contributed by atoms with Crippen LogP contribution >= 0.6 is 11.3 Å². The summed E-state index contributed by atoms with van der Waals surface area (Å²) in [6, 6.07) is 15.2. The second-order valence-corrected chi connectivity index (χ2v) is 10.3. The summed E-state index contributed by atoms with van der Waals surface area (Å²) in [6.07, 6.45) is -0.723. The molecule has 0 aliphatic heterocycles. The average molecular weight is 494 g/mol. The lowest BCUT2D eigenvalue weighted by atomic mass is 9.86. The maximum absolute atomic E-state index is 12.4. The monoisotopic (exact) mass is 493 g/mol. The van der Waals surface area contributed by atoms with E-state index in [0.29, 0.717) is 10.8 Å². The number of hydrogen-bond acceptors (Lipinski definition) is 6. The highest BCUT2D eigenvalue weighted by molar-refractivity contribution is 7.13.